The molecule has 0 N–H and O–H groups in total. The molecule has 9 heteroatoms. The van der Waals surface area contributed by atoms with Crippen molar-refractivity contribution in [3.63, 3.8) is 0 Å². The lowest BCUT2D eigenvalue weighted by Crippen LogP contribution is -1.88. The van der Waals surface area contributed by atoms with Crippen molar-refractivity contribution in [2.24, 2.45) is 0 Å². The van der Waals surface area contributed by atoms with E-state index >= 15 is 0 Å². The molecule has 0 saturated carbocycles. The number of aromatic nitrogens is 3. The van der Waals surface area contributed by atoms with Crippen molar-refractivity contribution in [2.75, 3.05) is 0 Å². The molecular formula is C54H30N6O3. The average Bonchev–Trinajstić information content (AvgIpc) is 4.17. The largest absolute Gasteiger partial charge is 0.436 e. The summed E-state index contributed by atoms with van der Waals surface area (Å²) < 4.78 is 18.4. The summed E-state index contributed by atoms with van der Waals surface area (Å²) in [5.74, 6) is 3.37. The number of nitriles is 3. The molecule has 0 unspecified atom stereocenters. The number of hydrogen-bond acceptors (Lipinski definition) is 9. The van der Waals surface area contributed by atoms with Crippen molar-refractivity contribution in [3.8, 4) is 120 Å². The standard InChI is InChI=1S/C54H30N6O3/c55-28-34-1-7-40(8-2-34)49-31-58-52(61-49)43-19-13-37(14-20-43)46-25-47(38-15-21-44(22-16-38)53-59-32-50(62-53)41-9-3-35(29-56)4-10-41)27-48(26-46)39-17-23-45(24-18-39)54-60-33-51(63-54)42-11-5-36(30-57)6-12-42/h1-27,31-33H. The molecule has 0 aliphatic carbocycles. The Kier molecular flexibility index (Phi) is 9.83. The predicted octanol–water partition coefficient (Wildman–Crippen LogP) is 13.3. The highest BCUT2D eigenvalue weighted by Crippen LogP contribution is 2.37. The van der Waals surface area contributed by atoms with E-state index in [1.807, 2.05) is 72.8 Å². The van der Waals surface area contributed by atoms with Crippen LogP contribution < -0.4 is 0 Å². The van der Waals surface area contributed by atoms with Crippen LogP contribution in [-0.4, -0.2) is 15.0 Å². The van der Waals surface area contributed by atoms with Gasteiger partial charge in [-0.1, -0.05) is 36.4 Å². The fourth-order valence-corrected chi connectivity index (χ4v) is 7.29. The monoisotopic (exact) mass is 810 g/mol. The molecule has 0 aliphatic rings. The molecule has 0 aliphatic heterocycles. The number of hydrogen-bond donors (Lipinski definition) is 0. The minimum Gasteiger partial charge on any atom is -0.436 e. The first kappa shape index (κ1) is 37.9. The Morgan fingerprint density at radius 2 is 0.492 bits per heavy atom. The second kappa shape index (κ2) is 16.4. The fourth-order valence-electron chi connectivity index (χ4n) is 7.29. The topological polar surface area (TPSA) is 149 Å². The van der Waals surface area contributed by atoms with Crippen LogP contribution in [0.25, 0.3) is 102 Å². The lowest BCUT2D eigenvalue weighted by molar-refractivity contribution is 0.588. The summed E-state index contributed by atoms with van der Waals surface area (Å²) in [5, 5.41) is 27.5. The van der Waals surface area contributed by atoms with E-state index < -0.39 is 0 Å². The molecule has 10 rings (SSSR count). The number of rotatable bonds is 9. The third kappa shape index (κ3) is 7.79. The maximum absolute atomic E-state index is 9.18. The van der Waals surface area contributed by atoms with Gasteiger partial charge in [0.1, 0.15) is 0 Å². The molecule has 0 saturated heterocycles. The molecule has 0 atom stereocenters. The zero-order valence-electron chi connectivity index (χ0n) is 33.2. The summed E-state index contributed by atoms with van der Waals surface area (Å²) in [6.45, 7) is 0. The van der Waals surface area contributed by atoms with E-state index in [0.29, 0.717) is 51.6 Å². The zero-order chi connectivity index (χ0) is 42.7. The van der Waals surface area contributed by atoms with E-state index in [-0.39, 0.29) is 0 Å². The minimum absolute atomic E-state index is 0.501. The normalized spacial score (nSPS) is 10.8. The highest BCUT2D eigenvalue weighted by Gasteiger charge is 2.15. The van der Waals surface area contributed by atoms with E-state index in [1.54, 1.807) is 55.0 Å². The Hall–Kier alpha value is -9.36. The van der Waals surface area contributed by atoms with Crippen molar-refractivity contribution in [1.29, 1.82) is 15.8 Å². The van der Waals surface area contributed by atoms with Crippen LogP contribution in [0, 0.1) is 34.0 Å². The summed E-state index contributed by atoms with van der Waals surface area (Å²) in [5.41, 5.74) is 12.9. The van der Waals surface area contributed by atoms with Gasteiger partial charge < -0.3 is 13.3 Å². The SMILES string of the molecule is N#Cc1ccc(-c2cnc(-c3ccc(-c4cc(-c5ccc(-c6ncc(-c7ccc(C#N)cc7)o6)cc5)cc(-c5ccc(-c6ncc(-c7ccc(C#N)cc7)o6)cc5)c4)cc3)o2)cc1. The van der Waals surface area contributed by atoms with Crippen molar-refractivity contribution in [2.45, 2.75) is 0 Å². The fraction of sp³-hybridized carbons (Fsp3) is 0. The zero-order valence-corrected chi connectivity index (χ0v) is 33.2. The molecule has 7 aromatic carbocycles. The van der Waals surface area contributed by atoms with Crippen LogP contribution in [0.1, 0.15) is 16.7 Å². The van der Waals surface area contributed by atoms with Gasteiger partial charge in [0.05, 0.1) is 53.5 Å². The van der Waals surface area contributed by atoms with E-state index in [4.69, 9.17) is 13.3 Å². The Morgan fingerprint density at radius 1 is 0.270 bits per heavy atom. The number of benzene rings is 7. The van der Waals surface area contributed by atoms with Crippen LogP contribution in [0.15, 0.2) is 196 Å². The van der Waals surface area contributed by atoms with Gasteiger partial charge in [0.25, 0.3) is 0 Å². The van der Waals surface area contributed by atoms with Gasteiger partial charge in [-0.15, -0.1) is 0 Å². The molecule has 0 bridgehead atoms. The Bertz CT molecular complexity index is 3000. The van der Waals surface area contributed by atoms with Crippen LogP contribution >= 0.6 is 0 Å². The Balaban J connectivity index is 0.960. The van der Waals surface area contributed by atoms with E-state index in [9.17, 15) is 15.8 Å². The maximum Gasteiger partial charge on any atom is 0.226 e. The van der Waals surface area contributed by atoms with Crippen LogP contribution in [0.2, 0.25) is 0 Å². The van der Waals surface area contributed by atoms with Crippen LogP contribution in [0.4, 0.5) is 0 Å². The molecule has 294 valence electrons. The third-order valence-corrected chi connectivity index (χ3v) is 10.7. The highest BCUT2D eigenvalue weighted by atomic mass is 16.4. The molecule has 63 heavy (non-hydrogen) atoms. The summed E-state index contributed by atoms with van der Waals surface area (Å²) in [6, 6.07) is 59.1. The minimum atomic E-state index is 0.501. The first-order valence-corrected chi connectivity index (χ1v) is 19.9. The molecule has 10 aromatic rings. The maximum atomic E-state index is 9.18. The van der Waals surface area contributed by atoms with Gasteiger partial charge in [-0.2, -0.15) is 15.8 Å². The molecule has 0 spiro atoms. The van der Waals surface area contributed by atoms with Gasteiger partial charge in [-0.25, -0.2) is 15.0 Å². The summed E-state index contributed by atoms with van der Waals surface area (Å²) >= 11 is 0. The molecule has 3 heterocycles. The van der Waals surface area contributed by atoms with Gasteiger partial charge in [0.2, 0.25) is 17.7 Å². The van der Waals surface area contributed by atoms with Gasteiger partial charge in [-0.3, -0.25) is 0 Å². The number of nitrogens with zero attached hydrogens (tertiary/aromatic N) is 6. The lowest BCUT2D eigenvalue weighted by atomic mass is 9.92. The van der Waals surface area contributed by atoms with E-state index in [1.165, 1.54) is 0 Å². The van der Waals surface area contributed by atoms with E-state index in [2.05, 4.69) is 87.8 Å². The average molecular weight is 811 g/mol. The number of oxazole rings is 3. The van der Waals surface area contributed by atoms with Crippen LogP contribution in [0.3, 0.4) is 0 Å². The molecular weight excluding hydrogens is 781 g/mol. The van der Waals surface area contributed by atoms with Gasteiger partial charge in [0, 0.05) is 33.4 Å². The first-order chi connectivity index (χ1) is 31.0. The lowest BCUT2D eigenvalue weighted by Gasteiger charge is -2.12. The van der Waals surface area contributed by atoms with Gasteiger partial charge in [-0.05, 0) is 161 Å². The molecule has 0 fully saturated rings. The third-order valence-electron chi connectivity index (χ3n) is 10.7. The predicted molar refractivity (Wildman–Crippen MR) is 240 cm³/mol. The summed E-state index contributed by atoms with van der Waals surface area (Å²) in [7, 11) is 0. The summed E-state index contributed by atoms with van der Waals surface area (Å²) in [6.07, 6.45) is 5.09. The van der Waals surface area contributed by atoms with Crippen LogP contribution in [0.5, 0.6) is 0 Å². The van der Waals surface area contributed by atoms with Crippen molar-refractivity contribution in [1.82, 2.24) is 15.0 Å². The van der Waals surface area contributed by atoms with Crippen LogP contribution in [-0.2, 0) is 0 Å². The van der Waals surface area contributed by atoms with Gasteiger partial charge in [0.15, 0.2) is 17.3 Å². The molecule has 9 nitrogen and oxygen atoms in total. The second-order valence-corrected chi connectivity index (χ2v) is 14.7. The first-order valence-electron chi connectivity index (χ1n) is 19.9. The smallest absolute Gasteiger partial charge is 0.226 e. The second-order valence-electron chi connectivity index (χ2n) is 14.7. The van der Waals surface area contributed by atoms with Crippen molar-refractivity contribution < 1.29 is 13.3 Å². The van der Waals surface area contributed by atoms with Gasteiger partial charge >= 0.3 is 0 Å². The Morgan fingerprint density at radius 3 is 0.730 bits per heavy atom. The molecule has 3 aromatic heterocycles. The Labute approximate surface area is 361 Å². The van der Waals surface area contributed by atoms with E-state index in [0.717, 1.165) is 66.8 Å². The summed E-state index contributed by atoms with van der Waals surface area (Å²) in [4.78, 5) is 13.6. The molecule has 0 radical (unpaired) electrons. The molecule has 0 amide bonds. The quantitative estimate of drug-likeness (QED) is 0.139. The van der Waals surface area contributed by atoms with Crippen molar-refractivity contribution in [3.05, 3.63) is 199 Å². The van der Waals surface area contributed by atoms with Crippen molar-refractivity contribution >= 4 is 0 Å². The highest BCUT2D eigenvalue weighted by molar-refractivity contribution is 5.83.